The molecule has 1 aliphatic rings. The maximum Gasteiger partial charge on any atom is 0.230 e. The maximum atomic E-state index is 12.6. The van der Waals surface area contributed by atoms with Crippen molar-refractivity contribution in [3.63, 3.8) is 0 Å². The van der Waals surface area contributed by atoms with Crippen LogP contribution in [0.3, 0.4) is 0 Å². The van der Waals surface area contributed by atoms with E-state index in [1.54, 1.807) is 42.5 Å². The molecule has 0 unspecified atom stereocenters. The molecule has 8 heteroatoms. The molecule has 2 aromatic carbocycles. The van der Waals surface area contributed by atoms with Gasteiger partial charge in [-0.2, -0.15) is 0 Å². The lowest BCUT2D eigenvalue weighted by atomic mass is 10.1. The highest BCUT2D eigenvalue weighted by atomic mass is 32.2. The minimum atomic E-state index is -3.24. The van der Waals surface area contributed by atoms with Gasteiger partial charge in [0.1, 0.15) is 0 Å². The number of nitrogens with one attached hydrogen (secondary N) is 1. The second kappa shape index (κ2) is 9.75. The molecule has 1 atom stereocenters. The van der Waals surface area contributed by atoms with Crippen molar-refractivity contribution in [2.75, 3.05) is 11.1 Å². The number of amides is 1. The van der Waals surface area contributed by atoms with Crippen molar-refractivity contribution in [2.45, 2.75) is 57.6 Å². The first-order valence-corrected chi connectivity index (χ1v) is 13.7. The highest BCUT2D eigenvalue weighted by Gasteiger charge is 2.33. The number of sulfone groups is 1. The molecule has 2 heterocycles. The second-order valence-corrected chi connectivity index (χ2v) is 11.8. The Kier molecular flexibility index (Phi) is 6.97. The smallest absolute Gasteiger partial charge is 0.230 e. The molecule has 0 aliphatic carbocycles. The van der Waals surface area contributed by atoms with Crippen molar-refractivity contribution >= 4 is 32.2 Å². The van der Waals surface area contributed by atoms with Gasteiger partial charge in [-0.15, -0.1) is 11.3 Å². The van der Waals surface area contributed by atoms with Crippen molar-refractivity contribution in [1.29, 1.82) is 0 Å². The van der Waals surface area contributed by atoms with Gasteiger partial charge in [-0.25, -0.2) is 13.4 Å². The molecule has 1 N–H and O–H groups in total. The fraction of sp³-hybridized carbons (Fsp3) is 0.360. The highest BCUT2D eigenvalue weighted by molar-refractivity contribution is 7.91. The van der Waals surface area contributed by atoms with E-state index in [1.165, 1.54) is 16.0 Å². The number of anilines is 1. The third-order valence-electron chi connectivity index (χ3n) is 6.00. The van der Waals surface area contributed by atoms with Crippen LogP contribution in [0.4, 0.5) is 5.13 Å². The van der Waals surface area contributed by atoms with Crippen molar-refractivity contribution in [3.05, 3.63) is 75.8 Å². The van der Waals surface area contributed by atoms with E-state index in [2.05, 4.69) is 48.3 Å². The van der Waals surface area contributed by atoms with Crippen LogP contribution in [-0.4, -0.2) is 30.0 Å². The average Bonchev–Trinajstić information content (AvgIpc) is 3.31. The van der Waals surface area contributed by atoms with E-state index in [0.29, 0.717) is 5.13 Å². The minimum Gasteiger partial charge on any atom is -0.302 e. The number of carbonyl (C=O) groups excluding carboxylic acids is 1. The average molecular weight is 484 g/mol. The van der Waals surface area contributed by atoms with Crippen LogP contribution in [0.1, 0.15) is 53.6 Å². The van der Waals surface area contributed by atoms with Gasteiger partial charge in [-0.3, -0.25) is 9.69 Å². The number of rotatable bonds is 8. The molecule has 33 heavy (non-hydrogen) atoms. The molecular formula is C25H29N3O3S2. The Morgan fingerprint density at radius 1 is 1.09 bits per heavy atom. The maximum absolute atomic E-state index is 12.6. The SMILES string of the molecule is CC[C@@H]1c2nc(NC(=O)Cc3ccc(S(=O)(=O)CC)cc3)sc2CN1Cc1ccc(C)cc1. The number of hydrogen-bond donors (Lipinski definition) is 1. The van der Waals surface area contributed by atoms with E-state index < -0.39 is 9.84 Å². The Hall–Kier alpha value is -2.55. The number of aromatic nitrogens is 1. The molecule has 3 aromatic rings. The summed E-state index contributed by atoms with van der Waals surface area (Å²) in [4.78, 5) is 21.2. The molecule has 0 saturated heterocycles. The molecule has 1 amide bonds. The normalized spacial score (nSPS) is 16.0. The quantitative estimate of drug-likeness (QED) is 0.493. The molecule has 1 aliphatic heterocycles. The topological polar surface area (TPSA) is 79.4 Å². The standard InChI is InChI=1S/C25H29N3O3S2/c1-4-21-24-22(16-28(21)15-19-8-6-17(3)7-9-19)32-25(27-24)26-23(29)14-18-10-12-20(13-11-18)33(30,31)5-2/h6-13,21H,4-5,14-16H2,1-3H3,(H,26,27,29)/t21-/m1/s1. The molecule has 0 radical (unpaired) electrons. The van der Waals surface area contributed by atoms with Gasteiger partial charge in [0.15, 0.2) is 15.0 Å². The van der Waals surface area contributed by atoms with Gasteiger partial charge >= 0.3 is 0 Å². The van der Waals surface area contributed by atoms with Gasteiger partial charge in [0.2, 0.25) is 5.91 Å². The Bertz CT molecular complexity index is 1230. The Morgan fingerprint density at radius 3 is 2.39 bits per heavy atom. The summed E-state index contributed by atoms with van der Waals surface area (Å²) in [7, 11) is -3.24. The Labute approximate surface area is 199 Å². The van der Waals surface area contributed by atoms with Gasteiger partial charge in [-0.05, 0) is 36.6 Å². The van der Waals surface area contributed by atoms with Crippen LogP contribution in [0.25, 0.3) is 0 Å². The third kappa shape index (κ3) is 5.34. The number of carbonyl (C=O) groups is 1. The number of thiazole rings is 1. The van der Waals surface area contributed by atoms with Gasteiger partial charge in [0, 0.05) is 18.0 Å². The van der Waals surface area contributed by atoms with Gasteiger partial charge in [0.05, 0.1) is 28.8 Å². The minimum absolute atomic E-state index is 0.0583. The number of aryl methyl sites for hydroxylation is 1. The van der Waals surface area contributed by atoms with E-state index in [-0.39, 0.29) is 29.0 Å². The predicted octanol–water partition coefficient (Wildman–Crippen LogP) is 4.89. The van der Waals surface area contributed by atoms with Crippen molar-refractivity contribution in [3.8, 4) is 0 Å². The summed E-state index contributed by atoms with van der Waals surface area (Å²) in [5.41, 5.74) is 4.39. The zero-order valence-electron chi connectivity index (χ0n) is 19.2. The molecule has 0 bridgehead atoms. The van der Waals surface area contributed by atoms with Crippen LogP contribution in [0.15, 0.2) is 53.4 Å². The molecule has 1 aromatic heterocycles. The van der Waals surface area contributed by atoms with E-state index in [1.807, 2.05) is 0 Å². The van der Waals surface area contributed by atoms with Crippen LogP contribution < -0.4 is 5.32 Å². The lowest BCUT2D eigenvalue weighted by molar-refractivity contribution is -0.115. The molecule has 4 rings (SSSR count). The van der Waals surface area contributed by atoms with E-state index in [9.17, 15) is 13.2 Å². The fourth-order valence-electron chi connectivity index (χ4n) is 4.13. The van der Waals surface area contributed by atoms with E-state index in [4.69, 9.17) is 4.98 Å². The van der Waals surface area contributed by atoms with E-state index in [0.717, 1.165) is 30.8 Å². The first-order chi connectivity index (χ1) is 15.8. The van der Waals surface area contributed by atoms with Gasteiger partial charge < -0.3 is 5.32 Å². The molecule has 174 valence electrons. The van der Waals surface area contributed by atoms with Crippen LogP contribution in [-0.2, 0) is 34.1 Å². The molecule has 0 saturated carbocycles. The van der Waals surface area contributed by atoms with Crippen LogP contribution in [0.2, 0.25) is 0 Å². The number of benzene rings is 2. The molecular weight excluding hydrogens is 454 g/mol. The monoisotopic (exact) mass is 483 g/mol. The summed E-state index contributed by atoms with van der Waals surface area (Å²) in [6.45, 7) is 7.60. The summed E-state index contributed by atoms with van der Waals surface area (Å²) in [5.74, 6) is -0.0963. The lowest BCUT2D eigenvalue weighted by Gasteiger charge is -2.23. The first-order valence-electron chi connectivity index (χ1n) is 11.2. The number of fused-ring (bicyclic) bond motifs is 1. The van der Waals surface area contributed by atoms with E-state index >= 15 is 0 Å². The zero-order chi connectivity index (χ0) is 23.6. The van der Waals surface area contributed by atoms with Crippen molar-refractivity contribution < 1.29 is 13.2 Å². The number of hydrogen-bond acceptors (Lipinski definition) is 6. The largest absolute Gasteiger partial charge is 0.302 e. The highest BCUT2D eigenvalue weighted by Crippen LogP contribution is 2.41. The Balaban J connectivity index is 1.38. The van der Waals surface area contributed by atoms with Crippen molar-refractivity contribution in [1.82, 2.24) is 9.88 Å². The Morgan fingerprint density at radius 2 is 1.76 bits per heavy atom. The first kappa shape index (κ1) is 23.6. The summed E-state index contributed by atoms with van der Waals surface area (Å²) in [5, 5.41) is 3.55. The van der Waals surface area contributed by atoms with Gasteiger partial charge in [-0.1, -0.05) is 55.8 Å². The summed E-state index contributed by atoms with van der Waals surface area (Å²) < 4.78 is 23.9. The zero-order valence-corrected chi connectivity index (χ0v) is 20.8. The van der Waals surface area contributed by atoms with Gasteiger partial charge in [0.25, 0.3) is 0 Å². The predicted molar refractivity (Wildman–Crippen MR) is 132 cm³/mol. The van der Waals surface area contributed by atoms with Crippen LogP contribution in [0, 0.1) is 6.92 Å². The third-order valence-corrected chi connectivity index (χ3v) is 8.72. The summed E-state index contributed by atoms with van der Waals surface area (Å²) in [6.07, 6.45) is 1.14. The molecule has 6 nitrogen and oxygen atoms in total. The second-order valence-electron chi connectivity index (χ2n) is 8.41. The molecule has 0 spiro atoms. The van der Waals surface area contributed by atoms with Crippen LogP contribution >= 0.6 is 11.3 Å². The van der Waals surface area contributed by atoms with Crippen molar-refractivity contribution in [2.24, 2.45) is 0 Å². The lowest BCUT2D eigenvalue weighted by Crippen LogP contribution is -2.22. The summed E-state index contributed by atoms with van der Waals surface area (Å²) >= 11 is 1.54. The molecule has 0 fully saturated rings. The summed E-state index contributed by atoms with van der Waals surface area (Å²) in [6, 6.07) is 15.4. The van der Waals surface area contributed by atoms with Crippen LogP contribution in [0.5, 0.6) is 0 Å². The fourth-order valence-corrected chi connectivity index (χ4v) is 6.08. The number of nitrogens with zero attached hydrogens (tertiary/aromatic N) is 2.